The highest BCUT2D eigenvalue weighted by atomic mass is 35.5. The van der Waals surface area contributed by atoms with Crippen molar-refractivity contribution in [2.45, 2.75) is 58.2 Å². The number of hydrogen-bond donors (Lipinski definition) is 2. The van der Waals surface area contributed by atoms with Crippen LogP contribution >= 0.6 is 11.6 Å². The van der Waals surface area contributed by atoms with E-state index in [-0.39, 0.29) is 19.4 Å². The van der Waals surface area contributed by atoms with Crippen LogP contribution < -0.4 is 10.6 Å². The highest BCUT2D eigenvalue weighted by Gasteiger charge is 2.29. The second-order valence-electron chi connectivity index (χ2n) is 9.04. The summed E-state index contributed by atoms with van der Waals surface area (Å²) in [5.74, 6) is -1.06. The van der Waals surface area contributed by atoms with Gasteiger partial charge in [0.2, 0.25) is 0 Å². The van der Waals surface area contributed by atoms with Crippen LogP contribution in [0.4, 0.5) is 14.0 Å². The summed E-state index contributed by atoms with van der Waals surface area (Å²) in [7, 11) is 1.18. The lowest BCUT2D eigenvalue weighted by Crippen LogP contribution is -2.48. The molecule has 2 N–H and O–H groups in total. The molecule has 2 amide bonds. The lowest BCUT2D eigenvalue weighted by molar-refractivity contribution is -0.145. The zero-order valence-electron chi connectivity index (χ0n) is 21.0. The topological polar surface area (TPSA) is 103 Å². The largest absolute Gasteiger partial charge is 0.464 e. The van der Waals surface area contributed by atoms with E-state index in [1.165, 1.54) is 19.2 Å². The summed E-state index contributed by atoms with van der Waals surface area (Å²) in [5, 5.41) is 5.63. The molecule has 0 spiro atoms. The van der Waals surface area contributed by atoms with Crippen molar-refractivity contribution in [1.82, 2.24) is 10.6 Å². The lowest BCUT2D eigenvalue weighted by Gasteiger charge is -2.26. The number of ether oxygens (including phenoxy) is 3. The summed E-state index contributed by atoms with van der Waals surface area (Å²) in [6.45, 7) is 6.96. The third-order valence-electron chi connectivity index (χ3n) is 4.97. The molecule has 0 aliphatic carbocycles. The van der Waals surface area contributed by atoms with Crippen molar-refractivity contribution in [2.75, 3.05) is 13.7 Å². The number of methoxy groups -OCH3 is 1. The van der Waals surface area contributed by atoms with E-state index in [0.717, 1.165) is 5.56 Å². The van der Waals surface area contributed by atoms with Crippen molar-refractivity contribution < 1.29 is 33.0 Å². The monoisotopic (exact) mass is 522 g/mol. The van der Waals surface area contributed by atoms with E-state index in [0.29, 0.717) is 16.1 Å². The Morgan fingerprint density at radius 2 is 1.69 bits per heavy atom. The Hall–Kier alpha value is -3.33. The van der Waals surface area contributed by atoms with Gasteiger partial charge in [-0.3, -0.25) is 0 Å². The van der Waals surface area contributed by atoms with Crippen LogP contribution in [-0.4, -0.2) is 49.6 Å². The molecule has 2 aromatic carbocycles. The first-order valence-electron chi connectivity index (χ1n) is 11.5. The highest BCUT2D eigenvalue weighted by molar-refractivity contribution is 6.30. The Morgan fingerprint density at radius 3 is 2.28 bits per heavy atom. The van der Waals surface area contributed by atoms with Gasteiger partial charge in [-0.25, -0.2) is 18.8 Å². The second kappa shape index (κ2) is 13.1. The first-order valence-corrected chi connectivity index (χ1v) is 11.8. The molecule has 0 aliphatic heterocycles. The number of rotatable bonds is 9. The molecule has 0 fully saturated rings. The number of carbonyl (C=O) groups is 3. The van der Waals surface area contributed by atoms with E-state index in [2.05, 4.69) is 15.4 Å². The van der Waals surface area contributed by atoms with Crippen LogP contribution in [0.5, 0.6) is 0 Å². The maximum Gasteiger partial charge on any atom is 0.407 e. The van der Waals surface area contributed by atoms with E-state index in [1.54, 1.807) is 58.0 Å². The smallest absolute Gasteiger partial charge is 0.407 e. The summed E-state index contributed by atoms with van der Waals surface area (Å²) in [6, 6.07) is 9.67. The lowest BCUT2D eigenvalue weighted by atomic mass is 9.97. The molecule has 0 aliphatic rings. The molecule has 0 radical (unpaired) electrons. The molecule has 196 valence electrons. The number of benzene rings is 2. The van der Waals surface area contributed by atoms with Crippen LogP contribution in [0.15, 0.2) is 42.5 Å². The normalized spacial score (nSPS) is 12.8. The summed E-state index contributed by atoms with van der Waals surface area (Å²) in [5.41, 5.74) is 1.06. The number of alkyl carbamates (subject to hydrolysis) is 2. The number of amides is 2. The van der Waals surface area contributed by atoms with Crippen LogP contribution in [0.1, 0.15) is 39.7 Å². The first kappa shape index (κ1) is 28.9. The van der Waals surface area contributed by atoms with Gasteiger partial charge in [-0.15, -0.1) is 0 Å². The minimum absolute atomic E-state index is 0.0118. The van der Waals surface area contributed by atoms with Gasteiger partial charge in [-0.05, 0) is 69.9 Å². The summed E-state index contributed by atoms with van der Waals surface area (Å²) < 4.78 is 29.3. The molecule has 0 bridgehead atoms. The first-order chi connectivity index (χ1) is 16.9. The molecule has 8 nitrogen and oxygen atoms in total. The van der Waals surface area contributed by atoms with Crippen molar-refractivity contribution in [3.05, 3.63) is 58.9 Å². The number of esters is 1. The summed E-state index contributed by atoms with van der Waals surface area (Å²) in [6.07, 6.45) is -1.18. The third kappa shape index (κ3) is 9.37. The summed E-state index contributed by atoms with van der Waals surface area (Å²) >= 11 is 6.01. The van der Waals surface area contributed by atoms with Gasteiger partial charge in [-0.1, -0.05) is 35.9 Å². The Labute approximate surface area is 215 Å². The number of hydrogen-bond acceptors (Lipinski definition) is 6. The predicted molar refractivity (Wildman–Crippen MR) is 134 cm³/mol. The van der Waals surface area contributed by atoms with Gasteiger partial charge in [0.15, 0.2) is 0 Å². The van der Waals surface area contributed by atoms with E-state index in [9.17, 15) is 18.8 Å². The van der Waals surface area contributed by atoms with Crippen LogP contribution in [-0.2, 0) is 25.4 Å². The van der Waals surface area contributed by atoms with Crippen LogP contribution in [0.2, 0.25) is 5.02 Å². The van der Waals surface area contributed by atoms with Crippen LogP contribution in [0.25, 0.3) is 11.1 Å². The van der Waals surface area contributed by atoms with Gasteiger partial charge in [-0.2, -0.15) is 0 Å². The fourth-order valence-corrected chi connectivity index (χ4v) is 3.61. The Kier molecular flexibility index (Phi) is 10.5. The molecule has 2 unspecified atom stereocenters. The number of halogens is 2. The molecule has 10 heteroatoms. The van der Waals surface area contributed by atoms with E-state index >= 15 is 0 Å². The van der Waals surface area contributed by atoms with Gasteiger partial charge in [0.1, 0.15) is 17.5 Å². The zero-order chi connectivity index (χ0) is 26.9. The van der Waals surface area contributed by atoms with E-state index in [1.807, 2.05) is 0 Å². The van der Waals surface area contributed by atoms with Crippen molar-refractivity contribution in [2.24, 2.45) is 0 Å². The predicted octanol–water partition coefficient (Wildman–Crippen LogP) is 5.26. The van der Waals surface area contributed by atoms with E-state index in [4.69, 9.17) is 21.1 Å². The van der Waals surface area contributed by atoms with Crippen molar-refractivity contribution in [3.8, 4) is 11.1 Å². The second-order valence-corrected chi connectivity index (χ2v) is 9.48. The fraction of sp³-hybridized carbons (Fsp3) is 0.423. The maximum atomic E-state index is 14.3. The van der Waals surface area contributed by atoms with Gasteiger partial charge in [0, 0.05) is 16.6 Å². The quantitative estimate of drug-likeness (QED) is 0.344. The zero-order valence-corrected chi connectivity index (χ0v) is 21.8. The van der Waals surface area contributed by atoms with Crippen molar-refractivity contribution in [3.63, 3.8) is 0 Å². The maximum absolute atomic E-state index is 14.3. The highest BCUT2D eigenvalue weighted by Crippen LogP contribution is 2.26. The number of nitrogens with one attached hydrogen (secondary N) is 2. The average molecular weight is 523 g/mol. The van der Waals surface area contributed by atoms with Crippen molar-refractivity contribution >= 4 is 29.8 Å². The molecule has 0 saturated carbocycles. The molecule has 0 heterocycles. The molecule has 36 heavy (non-hydrogen) atoms. The molecule has 0 aromatic heterocycles. The fourth-order valence-electron chi connectivity index (χ4n) is 3.43. The Bertz CT molecular complexity index is 1060. The number of carbonyl (C=O) groups excluding carboxylic acids is 3. The van der Waals surface area contributed by atoms with Crippen molar-refractivity contribution in [1.29, 1.82) is 0 Å². The summed E-state index contributed by atoms with van der Waals surface area (Å²) in [4.78, 5) is 36.8. The van der Waals surface area contributed by atoms with Crippen LogP contribution in [0.3, 0.4) is 0 Å². The Balaban J connectivity index is 2.27. The Morgan fingerprint density at radius 1 is 1.03 bits per heavy atom. The van der Waals surface area contributed by atoms with Gasteiger partial charge >= 0.3 is 18.2 Å². The molecule has 2 atom stereocenters. The standard InChI is InChI=1S/C26H32ClFN2O6/c1-6-35-23(31)22(30-24(32)34-5)15-19(29-25(33)36-26(2,3)4)13-16-7-9-17(10-8-16)20-14-18(27)11-12-21(20)28/h7-12,14,19,22H,6,13,15H2,1-5H3,(H,29,33)(H,30,32). The third-order valence-corrected chi connectivity index (χ3v) is 5.20. The molecule has 2 rings (SSSR count). The van der Waals surface area contributed by atoms with E-state index < -0.39 is 41.7 Å². The van der Waals surface area contributed by atoms with Crippen LogP contribution in [0, 0.1) is 5.82 Å². The molecule has 0 saturated heterocycles. The van der Waals surface area contributed by atoms with Gasteiger partial charge in [0.05, 0.1) is 13.7 Å². The molecular weight excluding hydrogens is 491 g/mol. The molecular formula is C26H32ClFN2O6. The SMILES string of the molecule is CCOC(=O)C(CC(Cc1ccc(-c2cc(Cl)ccc2F)cc1)NC(=O)OC(C)(C)C)NC(=O)OC. The van der Waals surface area contributed by atoms with Gasteiger partial charge < -0.3 is 24.8 Å². The average Bonchev–Trinajstić information content (AvgIpc) is 2.79. The minimum Gasteiger partial charge on any atom is -0.464 e. The van der Waals surface area contributed by atoms with Gasteiger partial charge in [0.25, 0.3) is 0 Å². The minimum atomic E-state index is -1.07. The molecule has 2 aromatic rings.